The molecular formula is C20H18BrN5O4. The maximum Gasteiger partial charge on any atom is 0.278 e. The number of aromatic amines is 1. The lowest BCUT2D eigenvalue weighted by molar-refractivity contribution is 0.0576. The van der Waals surface area contributed by atoms with Gasteiger partial charge in [-0.05, 0) is 47.8 Å². The number of benzene rings is 1. The van der Waals surface area contributed by atoms with Crippen molar-refractivity contribution >= 4 is 39.1 Å². The molecular weight excluding hydrogens is 454 g/mol. The normalized spacial score (nSPS) is 13.4. The van der Waals surface area contributed by atoms with Crippen molar-refractivity contribution in [1.82, 2.24) is 9.88 Å². The number of azo groups is 1. The second-order valence-corrected chi connectivity index (χ2v) is 7.58. The number of fused-ring (bicyclic) bond motifs is 1. The quantitative estimate of drug-likeness (QED) is 0.496. The van der Waals surface area contributed by atoms with E-state index in [0.717, 1.165) is 0 Å². The lowest BCUT2D eigenvalue weighted by Gasteiger charge is -2.23. The summed E-state index contributed by atoms with van der Waals surface area (Å²) in [6.45, 7) is 5.26. The molecule has 0 spiro atoms. The summed E-state index contributed by atoms with van der Waals surface area (Å²) in [5, 5.41) is 26.8. The van der Waals surface area contributed by atoms with E-state index in [4.69, 9.17) is 5.26 Å². The Labute approximate surface area is 180 Å². The van der Waals surface area contributed by atoms with Crippen LogP contribution in [0.15, 0.2) is 31.6 Å². The second kappa shape index (κ2) is 8.20. The lowest BCUT2D eigenvalue weighted by atomic mass is 10.1. The van der Waals surface area contributed by atoms with Gasteiger partial charge < -0.3 is 5.11 Å². The van der Waals surface area contributed by atoms with Crippen molar-refractivity contribution in [2.45, 2.75) is 39.7 Å². The molecule has 2 heterocycles. The minimum Gasteiger partial charge on any atom is -0.494 e. The fraction of sp³-hybridized carbons (Fsp3) is 0.300. The molecule has 1 aromatic heterocycles. The summed E-state index contributed by atoms with van der Waals surface area (Å²) >= 11 is 3.33. The van der Waals surface area contributed by atoms with Crippen LogP contribution in [-0.2, 0) is 0 Å². The predicted molar refractivity (Wildman–Crippen MR) is 111 cm³/mol. The van der Waals surface area contributed by atoms with E-state index in [1.165, 1.54) is 17.9 Å². The number of hydrogen-bond donors (Lipinski definition) is 2. The van der Waals surface area contributed by atoms with Gasteiger partial charge in [0, 0.05) is 16.1 Å². The number of aromatic nitrogens is 1. The zero-order chi connectivity index (χ0) is 22.2. The van der Waals surface area contributed by atoms with Gasteiger partial charge in [-0.25, -0.2) is 0 Å². The lowest BCUT2D eigenvalue weighted by Crippen LogP contribution is -2.39. The number of imide groups is 1. The number of rotatable bonds is 5. The van der Waals surface area contributed by atoms with Crippen molar-refractivity contribution in [2.24, 2.45) is 10.2 Å². The van der Waals surface area contributed by atoms with Crippen LogP contribution in [0.5, 0.6) is 5.88 Å². The van der Waals surface area contributed by atoms with E-state index in [-0.39, 0.29) is 39.7 Å². The number of hydrogen-bond acceptors (Lipinski definition) is 7. The summed E-state index contributed by atoms with van der Waals surface area (Å²) < 4.78 is 0.466. The molecule has 1 aliphatic rings. The first kappa shape index (κ1) is 21.4. The zero-order valence-electron chi connectivity index (χ0n) is 16.5. The van der Waals surface area contributed by atoms with Crippen molar-refractivity contribution in [3.8, 4) is 11.9 Å². The molecule has 2 aromatic rings. The zero-order valence-corrected chi connectivity index (χ0v) is 18.1. The second-order valence-electron chi connectivity index (χ2n) is 6.73. The molecule has 0 bridgehead atoms. The van der Waals surface area contributed by atoms with E-state index in [9.17, 15) is 19.5 Å². The van der Waals surface area contributed by atoms with E-state index in [1.54, 1.807) is 12.1 Å². The molecule has 3 rings (SSSR count). The standard InChI is InChI=1S/C20H18BrN5O4/c1-4-10(5-2)26-19(29)14-12(21)6-7-13(15(14)20(26)30)24-25-16-9(3)11(8-22)17(27)23-18(16)28/h6-7,10H,4-5H2,1-3H3,(H2,23,27,28). The number of nitrogens with zero attached hydrogens (tertiary/aromatic N) is 4. The van der Waals surface area contributed by atoms with Crippen LogP contribution in [-0.4, -0.2) is 32.8 Å². The van der Waals surface area contributed by atoms with Crippen LogP contribution in [0, 0.1) is 18.3 Å². The molecule has 154 valence electrons. The van der Waals surface area contributed by atoms with Crippen LogP contribution in [0.4, 0.5) is 11.4 Å². The highest BCUT2D eigenvalue weighted by Gasteiger charge is 2.42. The molecule has 0 saturated carbocycles. The Hall–Kier alpha value is -3.32. The highest BCUT2D eigenvalue weighted by molar-refractivity contribution is 9.10. The SMILES string of the molecule is CCC(CC)N1C(=O)c2c(Br)ccc(N=Nc3c(C)c(C#N)c(O)[nH]c3=O)c2C1=O. The van der Waals surface area contributed by atoms with Gasteiger partial charge in [-0.2, -0.15) is 5.26 Å². The van der Waals surface area contributed by atoms with Gasteiger partial charge in [-0.1, -0.05) is 13.8 Å². The van der Waals surface area contributed by atoms with Crippen molar-refractivity contribution in [1.29, 1.82) is 5.26 Å². The Morgan fingerprint density at radius 3 is 2.40 bits per heavy atom. The van der Waals surface area contributed by atoms with E-state index in [0.29, 0.717) is 17.3 Å². The van der Waals surface area contributed by atoms with Gasteiger partial charge in [-0.15, -0.1) is 10.2 Å². The van der Waals surface area contributed by atoms with Crippen LogP contribution in [0.2, 0.25) is 0 Å². The van der Waals surface area contributed by atoms with Crippen LogP contribution in [0.1, 0.15) is 58.5 Å². The summed E-state index contributed by atoms with van der Waals surface area (Å²) in [5.74, 6) is -1.42. The summed E-state index contributed by atoms with van der Waals surface area (Å²) in [6, 6.07) is 4.65. The summed E-state index contributed by atoms with van der Waals surface area (Å²) in [7, 11) is 0. The molecule has 0 aliphatic carbocycles. The Kier molecular flexibility index (Phi) is 5.85. The third-order valence-corrected chi connectivity index (χ3v) is 5.75. The summed E-state index contributed by atoms with van der Waals surface area (Å²) in [4.78, 5) is 41.5. The molecule has 30 heavy (non-hydrogen) atoms. The molecule has 2 N–H and O–H groups in total. The average molecular weight is 472 g/mol. The number of pyridine rings is 1. The molecule has 9 nitrogen and oxygen atoms in total. The Bertz CT molecular complexity index is 1190. The van der Waals surface area contributed by atoms with Gasteiger partial charge >= 0.3 is 0 Å². The van der Waals surface area contributed by atoms with E-state index < -0.39 is 23.3 Å². The number of nitriles is 1. The maximum absolute atomic E-state index is 13.1. The van der Waals surface area contributed by atoms with E-state index in [1.807, 2.05) is 13.8 Å². The van der Waals surface area contributed by atoms with Crippen LogP contribution in [0.3, 0.4) is 0 Å². The molecule has 0 radical (unpaired) electrons. The van der Waals surface area contributed by atoms with Crippen molar-refractivity contribution < 1.29 is 14.7 Å². The minimum absolute atomic E-state index is 0.110. The number of carbonyl (C=O) groups excluding carboxylic acids is 2. The number of amides is 2. The topological polar surface area (TPSA) is 139 Å². The largest absolute Gasteiger partial charge is 0.494 e. The Balaban J connectivity index is 2.14. The number of nitrogens with one attached hydrogen (secondary N) is 1. The highest BCUT2D eigenvalue weighted by Crippen LogP contribution is 2.38. The van der Waals surface area contributed by atoms with Crippen molar-refractivity contribution in [3.05, 3.63) is 49.2 Å². The van der Waals surface area contributed by atoms with Gasteiger partial charge in [0.25, 0.3) is 17.4 Å². The third kappa shape index (κ3) is 3.31. The van der Waals surface area contributed by atoms with Crippen molar-refractivity contribution in [2.75, 3.05) is 0 Å². The first-order valence-corrected chi connectivity index (χ1v) is 10.0. The Morgan fingerprint density at radius 1 is 1.17 bits per heavy atom. The molecule has 0 fully saturated rings. The van der Waals surface area contributed by atoms with Crippen molar-refractivity contribution in [3.63, 3.8) is 0 Å². The van der Waals surface area contributed by atoms with Crippen LogP contribution >= 0.6 is 15.9 Å². The van der Waals surface area contributed by atoms with Crippen LogP contribution in [0.25, 0.3) is 0 Å². The highest BCUT2D eigenvalue weighted by atomic mass is 79.9. The van der Waals surface area contributed by atoms with Gasteiger partial charge in [0.05, 0.1) is 16.8 Å². The molecule has 0 saturated heterocycles. The van der Waals surface area contributed by atoms with Gasteiger partial charge in [0.1, 0.15) is 11.6 Å². The molecule has 10 heteroatoms. The van der Waals surface area contributed by atoms with E-state index in [2.05, 4.69) is 31.1 Å². The fourth-order valence-corrected chi connectivity index (χ4v) is 3.95. The maximum atomic E-state index is 13.1. The van der Waals surface area contributed by atoms with Gasteiger partial charge in [-0.3, -0.25) is 24.3 Å². The summed E-state index contributed by atoms with van der Waals surface area (Å²) in [6.07, 6.45) is 1.24. The number of H-pyrrole nitrogens is 1. The number of carbonyl (C=O) groups is 2. The number of aromatic hydroxyl groups is 1. The van der Waals surface area contributed by atoms with E-state index >= 15 is 0 Å². The summed E-state index contributed by atoms with van der Waals surface area (Å²) in [5.41, 5.74) is -0.438. The Morgan fingerprint density at radius 2 is 1.80 bits per heavy atom. The van der Waals surface area contributed by atoms with Gasteiger partial charge in [0.15, 0.2) is 5.69 Å². The minimum atomic E-state index is -0.734. The van der Waals surface area contributed by atoms with Gasteiger partial charge in [0.2, 0.25) is 5.88 Å². The molecule has 1 aromatic carbocycles. The molecule has 2 amide bonds. The fourth-order valence-electron chi connectivity index (χ4n) is 3.45. The monoisotopic (exact) mass is 471 g/mol. The first-order chi connectivity index (χ1) is 14.3. The number of halogens is 1. The predicted octanol–water partition coefficient (Wildman–Crippen LogP) is 4.22. The molecule has 0 atom stereocenters. The average Bonchev–Trinajstić information content (AvgIpc) is 2.97. The molecule has 1 aliphatic heterocycles. The first-order valence-electron chi connectivity index (χ1n) is 9.24. The third-order valence-electron chi connectivity index (χ3n) is 5.09. The smallest absolute Gasteiger partial charge is 0.278 e. The molecule has 0 unspecified atom stereocenters. The van der Waals surface area contributed by atoms with Crippen LogP contribution < -0.4 is 5.56 Å².